The second kappa shape index (κ2) is 9.35. The predicted octanol–water partition coefficient (Wildman–Crippen LogP) is 0.319. The van der Waals surface area contributed by atoms with Crippen molar-refractivity contribution in [2.45, 2.75) is 44.1 Å². The van der Waals surface area contributed by atoms with Gasteiger partial charge in [-0.2, -0.15) is 43.2 Å². The third-order valence-electron chi connectivity index (χ3n) is 4.00. The quantitative estimate of drug-likeness (QED) is 0.367. The molecule has 33 heavy (non-hydrogen) atoms. The monoisotopic (exact) mass is 534 g/mol. The van der Waals surface area contributed by atoms with Gasteiger partial charge >= 0.3 is 18.0 Å². The van der Waals surface area contributed by atoms with Crippen LogP contribution in [0.5, 0.6) is 0 Å². The van der Waals surface area contributed by atoms with Crippen LogP contribution in [0.4, 0.5) is 26.3 Å². The first-order valence-electron chi connectivity index (χ1n) is 8.66. The molecule has 0 bridgehead atoms. The predicted molar refractivity (Wildman–Crippen MR) is 95.1 cm³/mol. The molecule has 1 fully saturated rings. The minimum Gasteiger partial charge on any atom is -0.349 e. The Hall–Kier alpha value is -1.96. The number of aryl methyl sites for hydroxylation is 1. The second-order valence-corrected chi connectivity index (χ2v) is 10.1. The molecule has 0 saturated carbocycles. The maximum Gasteiger partial charge on any atom is 0.405 e. The molecule has 0 spiro atoms. The zero-order valence-electron chi connectivity index (χ0n) is 16.3. The average Bonchev–Trinajstić information content (AvgIpc) is 2.93. The average molecular weight is 534 g/mol. The highest BCUT2D eigenvalue weighted by molar-refractivity contribution is 7.87. The van der Waals surface area contributed by atoms with Crippen molar-refractivity contribution in [2.75, 3.05) is 18.1 Å². The largest absolute Gasteiger partial charge is 0.405 e. The number of H-pyrrole nitrogens is 1. The van der Waals surface area contributed by atoms with Gasteiger partial charge in [0.2, 0.25) is 0 Å². The van der Waals surface area contributed by atoms with E-state index >= 15 is 0 Å². The number of aromatic nitrogens is 2. The molecule has 1 aromatic heterocycles. The lowest BCUT2D eigenvalue weighted by Crippen LogP contribution is -2.36. The fraction of sp³-hybridized carbons (Fsp3) is 0.714. The summed E-state index contributed by atoms with van der Waals surface area (Å²) in [6, 6.07) is 0. The molecule has 0 unspecified atom stereocenters. The standard InChI is InChI=1S/C14H16F6N2O9S2/c1-7-3-22(12(24)21-11(7)23)10-2-8(31-33(27,28)6-14(18,19)20)9(30-10)4-29-32(25,26)5-13(15,16)17/h3,8-10H,2,4-6H2,1H3,(H,21,23,24)/t8-,9+,10+/m0/s1. The van der Waals surface area contributed by atoms with Crippen LogP contribution in [0.1, 0.15) is 18.2 Å². The van der Waals surface area contributed by atoms with Crippen LogP contribution in [0.15, 0.2) is 15.8 Å². The van der Waals surface area contributed by atoms with Crippen LogP contribution in [-0.2, 0) is 33.3 Å². The number of halogens is 6. The first kappa shape index (κ1) is 27.3. The highest BCUT2D eigenvalue weighted by atomic mass is 32.2. The van der Waals surface area contributed by atoms with Crippen LogP contribution in [0.25, 0.3) is 0 Å². The van der Waals surface area contributed by atoms with Gasteiger partial charge < -0.3 is 4.74 Å². The van der Waals surface area contributed by atoms with E-state index in [0.717, 1.165) is 6.20 Å². The maximum atomic E-state index is 12.5. The minimum atomic E-state index is -5.30. The molecule has 1 aromatic rings. The van der Waals surface area contributed by atoms with Gasteiger partial charge in [0.15, 0.2) is 11.5 Å². The normalized spacial score (nSPS) is 22.6. The van der Waals surface area contributed by atoms with Gasteiger partial charge in [-0.1, -0.05) is 0 Å². The van der Waals surface area contributed by atoms with Gasteiger partial charge in [-0.05, 0) is 6.92 Å². The van der Waals surface area contributed by atoms with Crippen molar-refractivity contribution in [3.8, 4) is 0 Å². The number of nitrogens with zero attached hydrogens (tertiary/aromatic N) is 1. The third kappa shape index (κ3) is 8.40. The van der Waals surface area contributed by atoms with Gasteiger partial charge in [0.05, 0.1) is 6.61 Å². The SMILES string of the molecule is Cc1cn([C@H]2C[C@H](OS(=O)(=O)CC(F)(F)F)[C@@H](COS(=O)(=O)CC(F)(F)F)O2)c(=O)[nH]c1=O. The molecule has 2 heterocycles. The summed E-state index contributed by atoms with van der Waals surface area (Å²) in [7, 11) is -10.5. The van der Waals surface area contributed by atoms with E-state index < -0.39 is 86.8 Å². The number of aromatic amines is 1. The van der Waals surface area contributed by atoms with Crippen molar-refractivity contribution in [1.29, 1.82) is 0 Å². The Morgan fingerprint density at radius 2 is 1.61 bits per heavy atom. The molecule has 2 rings (SSSR count). The number of rotatable bonds is 8. The molecule has 1 aliphatic heterocycles. The highest BCUT2D eigenvalue weighted by Gasteiger charge is 2.45. The van der Waals surface area contributed by atoms with Crippen LogP contribution in [0.2, 0.25) is 0 Å². The van der Waals surface area contributed by atoms with Gasteiger partial charge in [0.1, 0.15) is 18.4 Å². The number of hydrogen-bond acceptors (Lipinski definition) is 9. The molecule has 3 atom stereocenters. The molecule has 0 radical (unpaired) electrons. The summed E-state index contributed by atoms with van der Waals surface area (Å²) < 4.78 is 135. The number of hydrogen-bond donors (Lipinski definition) is 1. The van der Waals surface area contributed by atoms with E-state index in [1.165, 1.54) is 6.92 Å². The number of ether oxygens (including phenoxy) is 1. The molecule has 1 aliphatic rings. The van der Waals surface area contributed by atoms with E-state index in [1.807, 2.05) is 4.98 Å². The third-order valence-corrected chi connectivity index (χ3v) is 6.40. The van der Waals surface area contributed by atoms with Gasteiger partial charge in [-0.15, -0.1) is 0 Å². The smallest absolute Gasteiger partial charge is 0.349 e. The van der Waals surface area contributed by atoms with Crippen molar-refractivity contribution >= 4 is 20.2 Å². The molecular weight excluding hydrogens is 518 g/mol. The molecule has 1 saturated heterocycles. The van der Waals surface area contributed by atoms with Crippen LogP contribution in [-0.4, -0.2) is 69.1 Å². The summed E-state index contributed by atoms with van der Waals surface area (Å²) in [4.78, 5) is 25.4. The Kier molecular flexibility index (Phi) is 7.73. The van der Waals surface area contributed by atoms with Crippen molar-refractivity contribution in [3.05, 3.63) is 32.6 Å². The lowest BCUT2D eigenvalue weighted by Gasteiger charge is -2.19. The van der Waals surface area contributed by atoms with Crippen LogP contribution in [0, 0.1) is 6.92 Å². The van der Waals surface area contributed by atoms with Gasteiger partial charge in [0, 0.05) is 18.2 Å². The molecular formula is C14H16F6N2O9S2. The molecule has 0 aromatic carbocycles. The van der Waals surface area contributed by atoms with Crippen molar-refractivity contribution in [2.24, 2.45) is 0 Å². The van der Waals surface area contributed by atoms with E-state index in [9.17, 15) is 52.8 Å². The number of alkyl halides is 6. The van der Waals surface area contributed by atoms with Crippen molar-refractivity contribution < 1.29 is 56.3 Å². The highest BCUT2D eigenvalue weighted by Crippen LogP contribution is 2.33. The van der Waals surface area contributed by atoms with Gasteiger partial charge in [0.25, 0.3) is 25.8 Å². The van der Waals surface area contributed by atoms with Crippen LogP contribution in [0.3, 0.4) is 0 Å². The first-order valence-corrected chi connectivity index (χ1v) is 11.8. The molecule has 0 aliphatic carbocycles. The first-order chi connectivity index (χ1) is 14.8. The van der Waals surface area contributed by atoms with E-state index in [2.05, 4.69) is 8.37 Å². The van der Waals surface area contributed by atoms with Gasteiger partial charge in [-0.25, -0.2) is 4.79 Å². The second-order valence-electron chi connectivity index (χ2n) is 6.90. The summed E-state index contributed by atoms with van der Waals surface area (Å²) >= 11 is 0. The van der Waals surface area contributed by atoms with E-state index in [-0.39, 0.29) is 5.56 Å². The fourth-order valence-corrected chi connectivity index (χ4v) is 4.63. The lowest BCUT2D eigenvalue weighted by atomic mass is 10.2. The summed E-state index contributed by atoms with van der Waals surface area (Å²) in [6.45, 7) is 0.00794. The van der Waals surface area contributed by atoms with Crippen LogP contribution >= 0.6 is 0 Å². The number of nitrogens with one attached hydrogen (secondary N) is 1. The summed E-state index contributed by atoms with van der Waals surface area (Å²) in [5.41, 5.74) is -1.88. The topological polar surface area (TPSA) is 151 Å². The molecule has 11 nitrogen and oxygen atoms in total. The van der Waals surface area contributed by atoms with Gasteiger partial charge in [-0.3, -0.25) is 22.7 Å². The summed E-state index contributed by atoms with van der Waals surface area (Å²) in [5.74, 6) is -4.81. The summed E-state index contributed by atoms with van der Waals surface area (Å²) in [5, 5.41) is 0. The fourth-order valence-electron chi connectivity index (χ4n) is 2.76. The minimum absolute atomic E-state index is 0.0205. The van der Waals surface area contributed by atoms with Crippen LogP contribution < -0.4 is 11.2 Å². The summed E-state index contributed by atoms with van der Waals surface area (Å²) in [6.07, 6.45) is -15.2. The Morgan fingerprint density at radius 3 is 2.15 bits per heavy atom. The van der Waals surface area contributed by atoms with Crippen molar-refractivity contribution in [1.82, 2.24) is 9.55 Å². The zero-order valence-corrected chi connectivity index (χ0v) is 18.0. The van der Waals surface area contributed by atoms with E-state index in [0.29, 0.717) is 4.57 Å². The maximum absolute atomic E-state index is 12.5. The molecule has 190 valence electrons. The zero-order chi connectivity index (χ0) is 25.4. The van der Waals surface area contributed by atoms with Crippen molar-refractivity contribution in [3.63, 3.8) is 0 Å². The Labute approximate surface area is 181 Å². The van der Waals surface area contributed by atoms with E-state index in [1.54, 1.807) is 0 Å². The lowest BCUT2D eigenvalue weighted by molar-refractivity contribution is -0.108. The molecule has 0 amide bonds. The molecule has 1 N–H and O–H groups in total. The Morgan fingerprint density at radius 1 is 1.06 bits per heavy atom. The van der Waals surface area contributed by atoms with E-state index in [4.69, 9.17) is 4.74 Å². The molecule has 19 heteroatoms. The Balaban J connectivity index is 2.30. The Bertz CT molecular complexity index is 1190.